The van der Waals surface area contributed by atoms with Crippen LogP contribution in [0.3, 0.4) is 0 Å². The van der Waals surface area contributed by atoms with Crippen molar-refractivity contribution in [2.45, 2.75) is 38.5 Å². The fraction of sp³-hybridized carbons (Fsp3) is 0.364. The molecule has 2 aromatic carbocycles. The molecule has 0 saturated carbocycles. The van der Waals surface area contributed by atoms with Crippen LogP contribution in [0.5, 0.6) is 0 Å². The van der Waals surface area contributed by atoms with Crippen molar-refractivity contribution in [3.8, 4) is 0 Å². The van der Waals surface area contributed by atoms with Crippen LogP contribution in [0.2, 0.25) is 0 Å². The van der Waals surface area contributed by atoms with Crippen LogP contribution < -0.4 is 11.1 Å². The zero-order valence-electron chi connectivity index (χ0n) is 18.0. The maximum Gasteiger partial charge on any atom is 0.251 e. The summed E-state index contributed by atoms with van der Waals surface area (Å²) in [5, 5.41) is 2.36. The Balaban J connectivity index is 1.72. The number of hydrogen-bond donors (Lipinski definition) is 2. The Labute approximate surface area is 185 Å². The van der Waals surface area contributed by atoms with Crippen molar-refractivity contribution in [3.05, 3.63) is 58.2 Å². The van der Waals surface area contributed by atoms with Crippen LogP contribution in [0, 0.1) is 38.3 Å². The van der Waals surface area contributed by atoms with Crippen molar-refractivity contribution >= 4 is 27.5 Å². The van der Waals surface area contributed by atoms with E-state index in [9.17, 15) is 26.8 Å². The largest absolute Gasteiger partial charge is 0.366 e. The maximum absolute atomic E-state index is 14.0. The van der Waals surface area contributed by atoms with E-state index in [0.717, 1.165) is 11.6 Å². The van der Waals surface area contributed by atoms with Crippen molar-refractivity contribution in [1.82, 2.24) is 4.31 Å². The van der Waals surface area contributed by atoms with E-state index < -0.39 is 45.0 Å². The fourth-order valence-corrected chi connectivity index (χ4v) is 6.01. The molecule has 0 unspecified atom stereocenters. The quantitative estimate of drug-likeness (QED) is 0.707. The molecule has 10 heteroatoms. The van der Waals surface area contributed by atoms with Gasteiger partial charge in [-0.3, -0.25) is 9.59 Å². The van der Waals surface area contributed by atoms with Crippen LogP contribution in [-0.4, -0.2) is 37.6 Å². The van der Waals surface area contributed by atoms with E-state index in [4.69, 9.17) is 5.73 Å². The molecule has 1 saturated heterocycles. The van der Waals surface area contributed by atoms with Crippen molar-refractivity contribution < 1.29 is 26.8 Å². The Morgan fingerprint density at radius 1 is 1.00 bits per heavy atom. The highest BCUT2D eigenvalue weighted by atomic mass is 32.2. The predicted octanol–water partition coefficient (Wildman–Crippen LogP) is 3.03. The van der Waals surface area contributed by atoms with Gasteiger partial charge in [-0.2, -0.15) is 4.31 Å². The number of amides is 2. The zero-order valence-corrected chi connectivity index (χ0v) is 18.9. The first kappa shape index (κ1) is 23.8. The summed E-state index contributed by atoms with van der Waals surface area (Å²) in [6, 6.07) is 4.97. The number of primary amides is 1. The number of piperidine rings is 1. The molecular formula is C22H25F2N3O4S. The van der Waals surface area contributed by atoms with Crippen LogP contribution in [0.15, 0.2) is 29.2 Å². The molecule has 1 heterocycles. The topological polar surface area (TPSA) is 110 Å². The molecule has 2 amide bonds. The Bertz CT molecular complexity index is 1170. The monoisotopic (exact) mass is 465 g/mol. The van der Waals surface area contributed by atoms with E-state index in [-0.39, 0.29) is 36.5 Å². The molecule has 0 bridgehead atoms. The Kier molecular flexibility index (Phi) is 6.66. The van der Waals surface area contributed by atoms with Gasteiger partial charge in [-0.1, -0.05) is 17.7 Å². The number of halogens is 2. The van der Waals surface area contributed by atoms with Gasteiger partial charge in [0.15, 0.2) is 0 Å². The van der Waals surface area contributed by atoms with Gasteiger partial charge in [0.1, 0.15) is 11.6 Å². The summed E-state index contributed by atoms with van der Waals surface area (Å²) >= 11 is 0. The van der Waals surface area contributed by atoms with Crippen molar-refractivity contribution in [1.29, 1.82) is 0 Å². The summed E-state index contributed by atoms with van der Waals surface area (Å²) in [6.07, 6.45) is 0.473. The molecule has 0 radical (unpaired) electrons. The van der Waals surface area contributed by atoms with Crippen LogP contribution >= 0.6 is 0 Å². The standard InChI is InChI=1S/C22H25F2N3O4S/c1-12-8-13(2)20(14(3)9-12)32(30,31)27-6-4-15(5-7-27)22(29)26-19-10-16(21(25)28)17(23)11-18(19)24/h8-11,15H,4-7H2,1-3H3,(H2,25,28)(H,26,29). The maximum atomic E-state index is 14.0. The van der Waals surface area contributed by atoms with Gasteiger partial charge in [-0.05, 0) is 50.8 Å². The lowest BCUT2D eigenvalue weighted by Crippen LogP contribution is -2.41. The first-order valence-electron chi connectivity index (χ1n) is 10.1. The molecule has 0 atom stereocenters. The number of sulfonamides is 1. The molecule has 1 aliphatic heterocycles. The summed E-state index contributed by atoms with van der Waals surface area (Å²) < 4.78 is 55.4. The normalized spacial score (nSPS) is 15.5. The Hall–Kier alpha value is -2.85. The fourth-order valence-electron chi connectivity index (χ4n) is 4.13. The average Bonchev–Trinajstić information content (AvgIpc) is 2.68. The number of aryl methyl sites for hydroxylation is 3. The number of nitrogens with two attached hydrogens (primary N) is 1. The van der Waals surface area contributed by atoms with E-state index >= 15 is 0 Å². The lowest BCUT2D eigenvalue weighted by Gasteiger charge is -2.31. The second-order valence-electron chi connectivity index (χ2n) is 8.07. The molecular weight excluding hydrogens is 440 g/mol. The molecule has 0 aromatic heterocycles. The molecule has 2 aromatic rings. The van der Waals surface area contributed by atoms with Gasteiger partial charge in [0, 0.05) is 25.1 Å². The third-order valence-corrected chi connectivity index (χ3v) is 7.81. The molecule has 1 fully saturated rings. The number of carbonyl (C=O) groups excluding carboxylic acids is 2. The third-order valence-electron chi connectivity index (χ3n) is 5.61. The minimum atomic E-state index is -3.73. The van der Waals surface area contributed by atoms with E-state index in [2.05, 4.69) is 5.32 Å². The number of anilines is 1. The molecule has 32 heavy (non-hydrogen) atoms. The highest BCUT2D eigenvalue weighted by molar-refractivity contribution is 7.89. The first-order chi connectivity index (χ1) is 14.9. The Morgan fingerprint density at radius 3 is 2.09 bits per heavy atom. The molecule has 3 rings (SSSR count). The second-order valence-corrected chi connectivity index (χ2v) is 9.95. The minimum Gasteiger partial charge on any atom is -0.366 e. The smallest absolute Gasteiger partial charge is 0.251 e. The van der Waals surface area contributed by atoms with Gasteiger partial charge in [-0.25, -0.2) is 17.2 Å². The van der Waals surface area contributed by atoms with Crippen molar-refractivity contribution in [2.75, 3.05) is 18.4 Å². The zero-order chi connectivity index (χ0) is 23.8. The second kappa shape index (κ2) is 8.95. The molecule has 7 nitrogen and oxygen atoms in total. The predicted molar refractivity (Wildman–Crippen MR) is 116 cm³/mol. The highest BCUT2D eigenvalue weighted by Gasteiger charge is 2.34. The summed E-state index contributed by atoms with van der Waals surface area (Å²) in [5.41, 5.74) is 6.48. The van der Waals surface area contributed by atoms with E-state index in [0.29, 0.717) is 17.2 Å². The van der Waals surface area contributed by atoms with Gasteiger partial charge in [0.05, 0.1) is 16.1 Å². The number of benzene rings is 2. The van der Waals surface area contributed by atoms with E-state index in [1.54, 1.807) is 13.8 Å². The minimum absolute atomic E-state index is 0.131. The van der Waals surface area contributed by atoms with Gasteiger partial charge in [0.2, 0.25) is 15.9 Å². The average molecular weight is 466 g/mol. The number of carbonyl (C=O) groups is 2. The van der Waals surface area contributed by atoms with Gasteiger partial charge < -0.3 is 11.1 Å². The summed E-state index contributed by atoms with van der Waals surface area (Å²) in [7, 11) is -3.73. The van der Waals surface area contributed by atoms with Gasteiger partial charge >= 0.3 is 0 Å². The summed E-state index contributed by atoms with van der Waals surface area (Å²) in [6.45, 7) is 5.67. The van der Waals surface area contributed by atoms with Crippen LogP contribution in [-0.2, 0) is 14.8 Å². The van der Waals surface area contributed by atoms with Crippen molar-refractivity contribution in [3.63, 3.8) is 0 Å². The number of nitrogens with one attached hydrogen (secondary N) is 1. The Morgan fingerprint density at radius 2 is 1.56 bits per heavy atom. The summed E-state index contributed by atoms with van der Waals surface area (Å²) in [5.74, 6) is -4.34. The lowest BCUT2D eigenvalue weighted by molar-refractivity contribution is -0.120. The number of nitrogens with zero attached hydrogens (tertiary/aromatic N) is 1. The van der Waals surface area contributed by atoms with Crippen LogP contribution in [0.4, 0.5) is 14.5 Å². The van der Waals surface area contributed by atoms with E-state index in [1.165, 1.54) is 4.31 Å². The molecule has 172 valence electrons. The molecule has 0 aliphatic carbocycles. The van der Waals surface area contributed by atoms with Crippen molar-refractivity contribution in [2.24, 2.45) is 11.7 Å². The number of rotatable bonds is 5. The lowest BCUT2D eigenvalue weighted by atomic mass is 9.97. The van der Waals surface area contributed by atoms with Crippen LogP contribution in [0.1, 0.15) is 39.9 Å². The van der Waals surface area contributed by atoms with Gasteiger partial charge in [0.25, 0.3) is 5.91 Å². The first-order valence-corrected chi connectivity index (χ1v) is 11.5. The number of hydrogen-bond acceptors (Lipinski definition) is 4. The van der Waals surface area contributed by atoms with E-state index in [1.807, 2.05) is 19.1 Å². The summed E-state index contributed by atoms with van der Waals surface area (Å²) in [4.78, 5) is 24.1. The highest BCUT2D eigenvalue weighted by Crippen LogP contribution is 2.29. The molecule has 1 aliphatic rings. The molecule has 3 N–H and O–H groups in total. The van der Waals surface area contributed by atoms with Gasteiger partial charge in [-0.15, -0.1) is 0 Å². The SMILES string of the molecule is Cc1cc(C)c(S(=O)(=O)N2CCC(C(=O)Nc3cc(C(N)=O)c(F)cc3F)CC2)c(C)c1. The third kappa shape index (κ3) is 4.66. The van der Waals surface area contributed by atoms with Crippen LogP contribution in [0.25, 0.3) is 0 Å². The molecule has 0 spiro atoms.